The van der Waals surface area contributed by atoms with Crippen LogP contribution in [0, 0.1) is 0 Å². The maximum absolute atomic E-state index is 5.88. The molecule has 0 unspecified atom stereocenters. The van der Waals surface area contributed by atoms with Crippen LogP contribution in [0.2, 0.25) is 0 Å². The highest BCUT2D eigenvalue weighted by molar-refractivity contribution is 9.13. The summed E-state index contributed by atoms with van der Waals surface area (Å²) in [5.74, 6) is 1.51. The van der Waals surface area contributed by atoms with Crippen LogP contribution in [0.4, 0.5) is 0 Å². The highest BCUT2D eigenvalue weighted by Crippen LogP contribution is 2.42. The summed E-state index contributed by atoms with van der Waals surface area (Å²) in [7, 11) is 0. The van der Waals surface area contributed by atoms with Crippen LogP contribution >= 0.6 is 63.7 Å². The van der Waals surface area contributed by atoms with Crippen LogP contribution in [-0.4, -0.2) is 0 Å². The second-order valence-electron chi connectivity index (χ2n) is 3.20. The molecular weight excluding hydrogens is 480 g/mol. The van der Waals surface area contributed by atoms with E-state index in [0.717, 1.165) is 29.4 Å². The van der Waals surface area contributed by atoms with Gasteiger partial charge < -0.3 is 4.74 Å². The van der Waals surface area contributed by atoms with Crippen molar-refractivity contribution in [2.24, 2.45) is 0 Å². The summed E-state index contributed by atoms with van der Waals surface area (Å²) >= 11 is 13.9. The van der Waals surface area contributed by atoms with Crippen molar-refractivity contribution >= 4 is 63.7 Å². The number of para-hydroxylation sites is 1. The van der Waals surface area contributed by atoms with E-state index in [1.54, 1.807) is 0 Å². The molecule has 0 fully saturated rings. The molecule has 0 spiro atoms. The van der Waals surface area contributed by atoms with E-state index in [1.807, 2.05) is 36.4 Å². The first-order valence-corrected chi connectivity index (χ1v) is 7.82. The summed E-state index contributed by atoms with van der Waals surface area (Å²) in [5, 5.41) is 0. The van der Waals surface area contributed by atoms with Gasteiger partial charge in [-0.05, 0) is 88.0 Å². The smallest absolute Gasteiger partial charge is 0.156 e. The predicted octanol–water partition coefficient (Wildman–Crippen LogP) is 6.53. The number of hydrogen-bond donors (Lipinski definition) is 0. The zero-order valence-corrected chi connectivity index (χ0v) is 14.7. The molecule has 0 saturated heterocycles. The Hall–Kier alpha value is 0.160. The third-order valence-electron chi connectivity index (χ3n) is 2.05. The van der Waals surface area contributed by atoms with Gasteiger partial charge in [0.15, 0.2) is 5.75 Å². The van der Waals surface area contributed by atoms with E-state index in [-0.39, 0.29) is 0 Å². The molecule has 0 amide bonds. The van der Waals surface area contributed by atoms with Gasteiger partial charge >= 0.3 is 0 Å². The third-order valence-corrected chi connectivity index (χ3v) is 5.31. The van der Waals surface area contributed by atoms with E-state index in [9.17, 15) is 0 Å². The average molecular weight is 486 g/mol. The lowest BCUT2D eigenvalue weighted by Crippen LogP contribution is -1.88. The summed E-state index contributed by atoms with van der Waals surface area (Å²) in [6, 6.07) is 11.6. The molecule has 0 N–H and O–H groups in total. The van der Waals surface area contributed by atoms with Gasteiger partial charge in [0.05, 0.1) is 13.4 Å². The van der Waals surface area contributed by atoms with Crippen molar-refractivity contribution in [2.45, 2.75) is 0 Å². The lowest BCUT2D eigenvalue weighted by molar-refractivity contribution is 0.473. The quantitative estimate of drug-likeness (QED) is 0.440. The molecule has 0 aliphatic carbocycles. The second-order valence-corrected chi connectivity index (χ2v) is 6.56. The second kappa shape index (κ2) is 5.87. The summed E-state index contributed by atoms with van der Waals surface area (Å²) < 4.78 is 9.51. The monoisotopic (exact) mass is 482 g/mol. The Bertz CT molecular complexity index is 554. The molecule has 2 aromatic carbocycles. The SMILES string of the molecule is Brc1ccccc1Oc1c(Br)ccc(Br)c1Br. The highest BCUT2D eigenvalue weighted by Gasteiger charge is 2.12. The molecule has 17 heavy (non-hydrogen) atoms. The van der Waals surface area contributed by atoms with Crippen LogP contribution in [0.25, 0.3) is 0 Å². The normalized spacial score (nSPS) is 10.4. The van der Waals surface area contributed by atoms with E-state index in [1.165, 1.54) is 0 Å². The highest BCUT2D eigenvalue weighted by atomic mass is 79.9. The molecule has 1 nitrogen and oxygen atoms in total. The van der Waals surface area contributed by atoms with Gasteiger partial charge in [0, 0.05) is 4.47 Å². The largest absolute Gasteiger partial charge is 0.454 e. The van der Waals surface area contributed by atoms with Crippen LogP contribution in [-0.2, 0) is 0 Å². The molecule has 5 heteroatoms. The standard InChI is InChI=1S/C12H6Br4O/c13-7-3-1-2-4-10(7)17-12-9(15)6-5-8(14)11(12)16/h1-6H. The van der Waals surface area contributed by atoms with Crippen molar-refractivity contribution in [3.8, 4) is 11.5 Å². The first-order chi connectivity index (χ1) is 8.09. The third kappa shape index (κ3) is 3.13. The van der Waals surface area contributed by atoms with E-state index in [4.69, 9.17) is 4.74 Å². The maximum Gasteiger partial charge on any atom is 0.156 e. The first-order valence-electron chi connectivity index (χ1n) is 4.65. The Balaban J connectivity index is 2.43. The molecule has 2 aromatic rings. The zero-order valence-electron chi connectivity index (χ0n) is 8.38. The minimum absolute atomic E-state index is 0.742. The minimum Gasteiger partial charge on any atom is -0.454 e. The fourth-order valence-electron chi connectivity index (χ4n) is 1.24. The van der Waals surface area contributed by atoms with Crippen LogP contribution < -0.4 is 4.74 Å². The van der Waals surface area contributed by atoms with Crippen molar-refractivity contribution in [3.63, 3.8) is 0 Å². The topological polar surface area (TPSA) is 9.23 Å². The Kier molecular flexibility index (Phi) is 4.69. The number of hydrogen-bond acceptors (Lipinski definition) is 1. The molecular formula is C12H6Br4O. The number of ether oxygens (including phenoxy) is 1. The fourth-order valence-corrected chi connectivity index (χ4v) is 3.02. The molecule has 0 atom stereocenters. The Labute approximate surface area is 133 Å². The van der Waals surface area contributed by atoms with Gasteiger partial charge in [-0.15, -0.1) is 0 Å². The zero-order chi connectivity index (χ0) is 12.4. The number of benzene rings is 2. The van der Waals surface area contributed by atoms with E-state index >= 15 is 0 Å². The molecule has 0 aliphatic heterocycles. The van der Waals surface area contributed by atoms with Crippen LogP contribution in [0.5, 0.6) is 11.5 Å². The summed E-state index contributed by atoms with van der Waals surface area (Å²) in [6.45, 7) is 0. The fraction of sp³-hybridized carbons (Fsp3) is 0. The predicted molar refractivity (Wildman–Crippen MR) is 83.8 cm³/mol. The van der Waals surface area contributed by atoms with Gasteiger partial charge in [0.1, 0.15) is 5.75 Å². The van der Waals surface area contributed by atoms with Crippen molar-refractivity contribution in [2.75, 3.05) is 0 Å². The molecule has 0 heterocycles. The van der Waals surface area contributed by atoms with E-state index < -0.39 is 0 Å². The minimum atomic E-state index is 0.742. The van der Waals surface area contributed by atoms with Gasteiger partial charge in [0.2, 0.25) is 0 Å². The Morgan fingerprint density at radius 1 is 0.706 bits per heavy atom. The van der Waals surface area contributed by atoms with Crippen molar-refractivity contribution in [1.29, 1.82) is 0 Å². The average Bonchev–Trinajstić information content (AvgIpc) is 2.32. The maximum atomic E-state index is 5.88. The molecule has 2 rings (SSSR count). The lowest BCUT2D eigenvalue weighted by atomic mass is 10.3. The molecule has 0 radical (unpaired) electrons. The van der Waals surface area contributed by atoms with Crippen molar-refractivity contribution < 1.29 is 4.74 Å². The Morgan fingerprint density at radius 3 is 2.06 bits per heavy atom. The summed E-state index contributed by atoms with van der Waals surface area (Å²) in [5.41, 5.74) is 0. The van der Waals surface area contributed by atoms with Crippen LogP contribution in [0.3, 0.4) is 0 Å². The molecule has 0 aromatic heterocycles. The number of rotatable bonds is 2. The summed E-state index contributed by atoms with van der Waals surface area (Å²) in [6.07, 6.45) is 0. The van der Waals surface area contributed by atoms with Crippen LogP contribution in [0.1, 0.15) is 0 Å². The van der Waals surface area contributed by atoms with E-state index in [0.29, 0.717) is 0 Å². The van der Waals surface area contributed by atoms with Gasteiger partial charge in [-0.25, -0.2) is 0 Å². The van der Waals surface area contributed by atoms with Gasteiger partial charge in [-0.1, -0.05) is 12.1 Å². The molecule has 0 saturated carbocycles. The van der Waals surface area contributed by atoms with Crippen molar-refractivity contribution in [3.05, 3.63) is 54.3 Å². The molecule has 0 aliphatic rings. The first kappa shape index (κ1) is 13.6. The molecule has 88 valence electrons. The molecule has 0 bridgehead atoms. The van der Waals surface area contributed by atoms with Gasteiger partial charge in [-0.3, -0.25) is 0 Å². The number of halogens is 4. The van der Waals surface area contributed by atoms with Gasteiger partial charge in [-0.2, -0.15) is 0 Å². The van der Waals surface area contributed by atoms with E-state index in [2.05, 4.69) is 63.7 Å². The van der Waals surface area contributed by atoms with Crippen molar-refractivity contribution in [1.82, 2.24) is 0 Å². The lowest BCUT2D eigenvalue weighted by Gasteiger charge is -2.12. The van der Waals surface area contributed by atoms with Gasteiger partial charge in [0.25, 0.3) is 0 Å². The Morgan fingerprint density at radius 2 is 1.35 bits per heavy atom. The van der Waals surface area contributed by atoms with Crippen LogP contribution in [0.15, 0.2) is 54.3 Å². The summed E-state index contributed by atoms with van der Waals surface area (Å²) in [4.78, 5) is 0.